The van der Waals surface area contributed by atoms with E-state index in [2.05, 4.69) is 130 Å². The molecule has 148 valence electrons. The predicted molar refractivity (Wildman–Crippen MR) is 137 cm³/mol. The van der Waals surface area contributed by atoms with Crippen LogP contribution in [-0.2, 0) is 0 Å². The van der Waals surface area contributed by atoms with E-state index in [1.165, 1.54) is 48.2 Å². The molecule has 0 fully saturated rings. The molecule has 0 radical (unpaired) electrons. The van der Waals surface area contributed by atoms with Crippen molar-refractivity contribution in [3.63, 3.8) is 0 Å². The van der Waals surface area contributed by atoms with Crippen LogP contribution < -0.4 is 0 Å². The Kier molecular flexibility index (Phi) is 4.52. The first-order valence-corrected chi connectivity index (χ1v) is 11.8. The van der Waals surface area contributed by atoms with Gasteiger partial charge in [-0.05, 0) is 64.7 Å². The molecule has 6 aromatic rings. The van der Waals surface area contributed by atoms with Crippen molar-refractivity contribution in [2.45, 2.75) is 0 Å². The number of halogens is 1. The van der Waals surface area contributed by atoms with Crippen LogP contribution >= 0.6 is 27.3 Å². The molecular formula is C28H18BrNS. The molecule has 0 aliphatic carbocycles. The first kappa shape index (κ1) is 18.6. The lowest BCUT2D eigenvalue weighted by Crippen LogP contribution is -1.89. The highest BCUT2D eigenvalue weighted by Crippen LogP contribution is 2.38. The van der Waals surface area contributed by atoms with Crippen LogP contribution in [0.5, 0.6) is 0 Å². The van der Waals surface area contributed by atoms with Gasteiger partial charge in [0, 0.05) is 31.8 Å². The molecule has 2 aromatic heterocycles. The van der Waals surface area contributed by atoms with E-state index in [9.17, 15) is 0 Å². The molecule has 0 saturated carbocycles. The molecule has 1 nitrogen and oxygen atoms in total. The number of rotatable bonds is 3. The zero-order valence-corrected chi connectivity index (χ0v) is 19.0. The standard InChI is InChI=1S/C28H18BrNS/c29-23-11-6-21(7-12-23)22-10-15-27-26(18-22)25-16-17-30(28(25)31-27)24-13-8-20(9-14-24)19-4-2-1-3-5-19/h1-18H. The quantitative estimate of drug-likeness (QED) is 0.238. The van der Waals surface area contributed by atoms with Crippen LogP contribution in [0.1, 0.15) is 0 Å². The maximum Gasteiger partial charge on any atom is 0.108 e. The molecule has 6 rings (SSSR count). The van der Waals surface area contributed by atoms with Crippen LogP contribution in [0.25, 0.3) is 48.2 Å². The molecule has 0 unspecified atom stereocenters. The Morgan fingerprint density at radius 3 is 2.00 bits per heavy atom. The van der Waals surface area contributed by atoms with Gasteiger partial charge in [-0.2, -0.15) is 0 Å². The van der Waals surface area contributed by atoms with E-state index in [0.717, 1.165) is 4.47 Å². The van der Waals surface area contributed by atoms with Gasteiger partial charge in [0.25, 0.3) is 0 Å². The van der Waals surface area contributed by atoms with Gasteiger partial charge in [0.15, 0.2) is 0 Å². The third-order valence-electron chi connectivity index (χ3n) is 5.75. The van der Waals surface area contributed by atoms with Gasteiger partial charge < -0.3 is 4.57 Å². The molecule has 0 amide bonds. The number of aromatic nitrogens is 1. The molecule has 0 saturated heterocycles. The van der Waals surface area contributed by atoms with Crippen molar-refractivity contribution in [1.29, 1.82) is 0 Å². The van der Waals surface area contributed by atoms with Crippen molar-refractivity contribution < 1.29 is 0 Å². The van der Waals surface area contributed by atoms with Gasteiger partial charge in [0.2, 0.25) is 0 Å². The summed E-state index contributed by atoms with van der Waals surface area (Å²) in [5.74, 6) is 0. The van der Waals surface area contributed by atoms with Gasteiger partial charge in [-0.15, -0.1) is 11.3 Å². The summed E-state index contributed by atoms with van der Waals surface area (Å²) in [4.78, 5) is 1.29. The summed E-state index contributed by atoms with van der Waals surface area (Å²) in [6.07, 6.45) is 2.18. The number of hydrogen-bond acceptors (Lipinski definition) is 1. The lowest BCUT2D eigenvalue weighted by molar-refractivity contribution is 1.14. The largest absolute Gasteiger partial charge is 0.308 e. The van der Waals surface area contributed by atoms with Crippen molar-refractivity contribution in [3.8, 4) is 27.9 Å². The normalized spacial score (nSPS) is 11.4. The van der Waals surface area contributed by atoms with Gasteiger partial charge in [-0.25, -0.2) is 0 Å². The van der Waals surface area contributed by atoms with E-state index < -0.39 is 0 Å². The fraction of sp³-hybridized carbons (Fsp3) is 0. The smallest absolute Gasteiger partial charge is 0.108 e. The average molecular weight is 480 g/mol. The van der Waals surface area contributed by atoms with E-state index in [1.54, 1.807) is 0 Å². The van der Waals surface area contributed by atoms with Gasteiger partial charge in [0.05, 0.1) is 0 Å². The molecule has 0 N–H and O–H groups in total. The fourth-order valence-electron chi connectivity index (χ4n) is 4.13. The number of thiophene rings is 1. The Hall–Kier alpha value is -3.14. The van der Waals surface area contributed by atoms with Crippen molar-refractivity contribution in [2.75, 3.05) is 0 Å². The summed E-state index contributed by atoms with van der Waals surface area (Å²) in [5, 5.41) is 2.63. The van der Waals surface area contributed by atoms with Crippen molar-refractivity contribution in [1.82, 2.24) is 4.57 Å². The van der Waals surface area contributed by atoms with Gasteiger partial charge in [0.1, 0.15) is 4.83 Å². The molecule has 0 atom stereocenters. The summed E-state index contributed by atoms with van der Waals surface area (Å²) in [6.45, 7) is 0. The monoisotopic (exact) mass is 479 g/mol. The number of benzene rings is 4. The molecule has 0 aliphatic heterocycles. The summed E-state index contributed by atoms with van der Waals surface area (Å²) in [5.41, 5.74) is 6.16. The maximum absolute atomic E-state index is 3.53. The summed E-state index contributed by atoms with van der Waals surface area (Å²) in [7, 11) is 0. The van der Waals surface area contributed by atoms with Crippen molar-refractivity contribution in [3.05, 3.63) is 114 Å². The maximum atomic E-state index is 3.53. The third kappa shape index (κ3) is 3.31. The van der Waals surface area contributed by atoms with Gasteiger partial charge in [-0.1, -0.05) is 76.6 Å². The summed E-state index contributed by atoms with van der Waals surface area (Å²) in [6, 6.07) is 36.9. The zero-order valence-electron chi connectivity index (χ0n) is 16.6. The molecule has 31 heavy (non-hydrogen) atoms. The molecule has 0 aliphatic rings. The minimum Gasteiger partial charge on any atom is -0.308 e. The Balaban J connectivity index is 1.42. The Morgan fingerprint density at radius 1 is 0.581 bits per heavy atom. The number of hydrogen-bond donors (Lipinski definition) is 0. The number of nitrogens with zero attached hydrogens (tertiary/aromatic N) is 1. The Labute approximate surface area is 193 Å². The minimum absolute atomic E-state index is 1.10. The topological polar surface area (TPSA) is 4.93 Å². The lowest BCUT2D eigenvalue weighted by Gasteiger charge is -2.06. The summed E-state index contributed by atoms with van der Waals surface area (Å²) < 4.78 is 4.72. The number of fused-ring (bicyclic) bond motifs is 3. The SMILES string of the molecule is Brc1ccc(-c2ccc3sc4c(ccn4-c4ccc(-c5ccccc5)cc4)c3c2)cc1. The molecule has 0 spiro atoms. The van der Waals surface area contributed by atoms with Gasteiger partial charge in [-0.3, -0.25) is 0 Å². The molecule has 2 heterocycles. The second-order valence-corrected chi connectivity index (χ2v) is 9.58. The first-order valence-electron chi connectivity index (χ1n) is 10.2. The average Bonchev–Trinajstić information content (AvgIpc) is 3.39. The van der Waals surface area contributed by atoms with E-state index in [-0.39, 0.29) is 0 Å². The Morgan fingerprint density at radius 2 is 1.23 bits per heavy atom. The van der Waals surface area contributed by atoms with E-state index in [4.69, 9.17) is 0 Å². The Bertz CT molecular complexity index is 1510. The molecule has 3 heteroatoms. The van der Waals surface area contributed by atoms with Crippen LogP contribution in [-0.4, -0.2) is 4.57 Å². The van der Waals surface area contributed by atoms with E-state index in [0.29, 0.717) is 0 Å². The van der Waals surface area contributed by atoms with Crippen LogP contribution in [0.4, 0.5) is 0 Å². The highest BCUT2D eigenvalue weighted by atomic mass is 79.9. The fourth-order valence-corrected chi connectivity index (χ4v) is 5.57. The first-order chi connectivity index (χ1) is 15.3. The van der Waals surface area contributed by atoms with Crippen molar-refractivity contribution in [2.24, 2.45) is 0 Å². The lowest BCUT2D eigenvalue weighted by atomic mass is 10.0. The molecule has 0 bridgehead atoms. The highest BCUT2D eigenvalue weighted by Gasteiger charge is 2.12. The van der Waals surface area contributed by atoms with E-state index >= 15 is 0 Å². The van der Waals surface area contributed by atoms with Gasteiger partial charge >= 0.3 is 0 Å². The van der Waals surface area contributed by atoms with E-state index in [1.807, 2.05) is 11.3 Å². The van der Waals surface area contributed by atoms with Crippen LogP contribution in [0.3, 0.4) is 0 Å². The molecular weight excluding hydrogens is 462 g/mol. The van der Waals surface area contributed by atoms with Crippen LogP contribution in [0.15, 0.2) is 114 Å². The second kappa shape index (κ2) is 7.52. The van der Waals surface area contributed by atoms with Crippen LogP contribution in [0.2, 0.25) is 0 Å². The summed E-state index contributed by atoms with van der Waals surface area (Å²) >= 11 is 5.38. The minimum atomic E-state index is 1.10. The van der Waals surface area contributed by atoms with Crippen LogP contribution in [0, 0.1) is 0 Å². The zero-order chi connectivity index (χ0) is 20.8. The predicted octanol–water partition coefficient (Wildman–Crippen LogP) is 8.94. The van der Waals surface area contributed by atoms with Crippen molar-refractivity contribution >= 4 is 47.6 Å². The second-order valence-electron chi connectivity index (χ2n) is 7.64. The third-order valence-corrected chi connectivity index (χ3v) is 7.46. The highest BCUT2D eigenvalue weighted by molar-refractivity contribution is 9.10. The molecule has 4 aromatic carbocycles.